The van der Waals surface area contributed by atoms with Crippen LogP contribution < -0.4 is 0 Å². The zero-order valence-corrected chi connectivity index (χ0v) is 17.5. The van der Waals surface area contributed by atoms with Crippen LogP contribution in [0.1, 0.15) is 51.6 Å². The lowest BCUT2D eigenvalue weighted by Crippen LogP contribution is -2.34. The van der Waals surface area contributed by atoms with Crippen LogP contribution in [0.5, 0.6) is 0 Å². The molecule has 1 aliphatic rings. The van der Waals surface area contributed by atoms with Gasteiger partial charge in [0.1, 0.15) is 18.0 Å². The molecule has 5 rings (SSSR count). The van der Waals surface area contributed by atoms with Crippen molar-refractivity contribution in [1.82, 2.24) is 20.1 Å². The van der Waals surface area contributed by atoms with Crippen molar-refractivity contribution in [3.8, 4) is 11.5 Å². The summed E-state index contributed by atoms with van der Waals surface area (Å²) in [6.45, 7) is 0.181. The Bertz CT molecular complexity index is 1330. The summed E-state index contributed by atoms with van der Waals surface area (Å²) in [6.07, 6.45) is -2.53. The van der Waals surface area contributed by atoms with Crippen molar-refractivity contribution in [1.29, 1.82) is 0 Å². The van der Waals surface area contributed by atoms with E-state index < -0.39 is 30.3 Å². The van der Waals surface area contributed by atoms with Gasteiger partial charge in [0.15, 0.2) is 0 Å². The first-order valence-corrected chi connectivity index (χ1v) is 10.3. The predicted molar refractivity (Wildman–Crippen MR) is 113 cm³/mol. The molecule has 0 bridgehead atoms. The topological polar surface area (TPSA) is 92.4 Å². The van der Waals surface area contributed by atoms with Gasteiger partial charge in [-0.05, 0) is 47.5 Å². The van der Waals surface area contributed by atoms with E-state index in [9.17, 15) is 23.1 Å². The third kappa shape index (κ3) is 3.92. The average molecular weight is 466 g/mol. The second kappa shape index (κ2) is 8.71. The largest absolute Gasteiger partial charge is 0.415 e. The molecule has 0 radical (unpaired) electrons. The Kier molecular flexibility index (Phi) is 5.58. The van der Waals surface area contributed by atoms with E-state index in [-0.39, 0.29) is 18.3 Å². The van der Waals surface area contributed by atoms with Crippen LogP contribution in [-0.4, -0.2) is 31.1 Å². The fourth-order valence-electron chi connectivity index (χ4n) is 4.01. The lowest BCUT2D eigenvalue weighted by molar-refractivity contribution is 0.0347. The van der Waals surface area contributed by atoms with Gasteiger partial charge in [0, 0.05) is 23.9 Å². The van der Waals surface area contributed by atoms with Gasteiger partial charge < -0.3 is 14.4 Å². The molecule has 0 fully saturated rings. The molecule has 2 atom stereocenters. The zero-order chi connectivity index (χ0) is 23.8. The lowest BCUT2D eigenvalue weighted by Gasteiger charge is -2.31. The number of halogens is 3. The summed E-state index contributed by atoms with van der Waals surface area (Å²) in [5.74, 6) is -1.76. The van der Waals surface area contributed by atoms with Crippen molar-refractivity contribution in [3.05, 3.63) is 101 Å². The molecule has 2 aromatic carbocycles. The molecule has 0 saturated heterocycles. The van der Waals surface area contributed by atoms with E-state index in [0.717, 1.165) is 0 Å². The molecule has 4 aromatic rings. The number of nitrogens with zero attached hydrogens (tertiary/aromatic N) is 4. The molecule has 0 spiro atoms. The number of hydrogen-bond acceptors (Lipinski definition) is 6. The molecule has 1 N–H and O–H groups in total. The van der Waals surface area contributed by atoms with Crippen molar-refractivity contribution in [2.45, 2.75) is 25.1 Å². The van der Waals surface area contributed by atoms with Crippen molar-refractivity contribution in [2.24, 2.45) is 0 Å². The number of carbonyl (C=O) groups excluding carboxylic acids is 1. The van der Waals surface area contributed by atoms with Crippen LogP contribution in [0.15, 0.2) is 71.3 Å². The van der Waals surface area contributed by atoms with Crippen LogP contribution in [0.25, 0.3) is 11.5 Å². The molecule has 2 aromatic heterocycles. The maximum atomic E-state index is 13.4. The highest BCUT2D eigenvalue weighted by Gasteiger charge is 2.38. The highest BCUT2D eigenvalue weighted by atomic mass is 19.3. The van der Waals surface area contributed by atoms with E-state index in [0.29, 0.717) is 27.9 Å². The fourth-order valence-corrected chi connectivity index (χ4v) is 4.01. The molecule has 1 amide bonds. The van der Waals surface area contributed by atoms with E-state index in [1.165, 1.54) is 35.2 Å². The van der Waals surface area contributed by atoms with Gasteiger partial charge in [-0.15, -0.1) is 10.2 Å². The number of fused-ring (bicyclic) bond motifs is 1. The first-order valence-electron chi connectivity index (χ1n) is 10.3. The van der Waals surface area contributed by atoms with Gasteiger partial charge in [-0.2, -0.15) is 8.78 Å². The highest BCUT2D eigenvalue weighted by Crippen LogP contribution is 2.39. The predicted octanol–water partition coefficient (Wildman–Crippen LogP) is 4.64. The molecule has 10 heteroatoms. The van der Waals surface area contributed by atoms with Gasteiger partial charge in [-0.1, -0.05) is 24.3 Å². The Labute approximate surface area is 191 Å². The summed E-state index contributed by atoms with van der Waals surface area (Å²) in [5.41, 5.74) is 2.20. The summed E-state index contributed by atoms with van der Waals surface area (Å²) in [4.78, 5) is 19.3. The van der Waals surface area contributed by atoms with E-state index in [4.69, 9.17) is 4.42 Å². The van der Waals surface area contributed by atoms with E-state index in [1.807, 2.05) is 0 Å². The van der Waals surface area contributed by atoms with Crippen molar-refractivity contribution < 1.29 is 27.5 Å². The minimum Gasteiger partial charge on any atom is -0.415 e. The number of aromatic nitrogens is 3. The molecular weight excluding hydrogens is 449 g/mol. The van der Waals surface area contributed by atoms with Crippen LogP contribution in [0.4, 0.5) is 13.2 Å². The SMILES string of the molecule is O=C1c2cc(-c3nnc(C(F)F)o3)ccc2CN1C(c1ccccn1)[C@H](O)c1ccc(F)cc1. The number of alkyl halides is 2. The minimum atomic E-state index is -2.90. The van der Waals surface area contributed by atoms with Crippen LogP contribution >= 0.6 is 0 Å². The average Bonchev–Trinajstić information content (AvgIpc) is 3.46. The minimum absolute atomic E-state index is 0.128. The summed E-state index contributed by atoms with van der Waals surface area (Å²) in [6, 6.07) is 14.5. The van der Waals surface area contributed by atoms with Gasteiger partial charge >= 0.3 is 6.43 Å². The van der Waals surface area contributed by atoms with Gasteiger partial charge in [0.25, 0.3) is 11.8 Å². The van der Waals surface area contributed by atoms with Gasteiger partial charge in [-0.25, -0.2) is 4.39 Å². The fraction of sp³-hybridized carbons (Fsp3) is 0.167. The smallest absolute Gasteiger partial charge is 0.314 e. The zero-order valence-electron chi connectivity index (χ0n) is 17.5. The summed E-state index contributed by atoms with van der Waals surface area (Å²) >= 11 is 0. The Balaban J connectivity index is 1.50. The number of benzene rings is 2. The van der Waals surface area contributed by atoms with Crippen molar-refractivity contribution in [3.63, 3.8) is 0 Å². The molecule has 3 heterocycles. The lowest BCUT2D eigenvalue weighted by atomic mass is 9.97. The number of hydrogen-bond donors (Lipinski definition) is 1. The molecule has 1 aliphatic heterocycles. The molecule has 1 unspecified atom stereocenters. The van der Waals surface area contributed by atoms with Gasteiger partial charge in [0.2, 0.25) is 5.89 Å². The number of amides is 1. The normalized spacial score (nSPS) is 15.0. The third-order valence-electron chi connectivity index (χ3n) is 5.65. The van der Waals surface area contributed by atoms with Crippen LogP contribution in [0.2, 0.25) is 0 Å². The van der Waals surface area contributed by atoms with Crippen molar-refractivity contribution in [2.75, 3.05) is 0 Å². The maximum Gasteiger partial charge on any atom is 0.314 e. The number of aliphatic hydroxyl groups excluding tert-OH is 1. The van der Waals surface area contributed by atoms with Crippen molar-refractivity contribution >= 4 is 5.91 Å². The van der Waals surface area contributed by atoms with Gasteiger partial charge in [0.05, 0.1) is 5.69 Å². The first-order chi connectivity index (χ1) is 16.4. The monoisotopic (exact) mass is 466 g/mol. The van der Waals surface area contributed by atoms with E-state index in [1.54, 1.807) is 36.5 Å². The quantitative estimate of drug-likeness (QED) is 0.445. The molecule has 34 heavy (non-hydrogen) atoms. The Morgan fingerprint density at radius 1 is 1.03 bits per heavy atom. The van der Waals surface area contributed by atoms with E-state index in [2.05, 4.69) is 15.2 Å². The summed E-state index contributed by atoms with van der Waals surface area (Å²) in [5, 5.41) is 18.2. The Hall–Kier alpha value is -4.05. The molecular formula is C24H17F3N4O3. The number of aliphatic hydroxyl groups is 1. The van der Waals surface area contributed by atoms with Crippen LogP contribution in [0, 0.1) is 5.82 Å². The Morgan fingerprint density at radius 3 is 2.50 bits per heavy atom. The standard InChI is InChI=1S/C24H17F3N4O3/c25-16-8-6-13(7-9-16)20(32)19(18-3-1-2-10-28-18)31-12-15-5-4-14(11-17(15)24(31)33)22-29-30-23(34-22)21(26)27/h1-11,19-21,32H,12H2/t19?,20-/m1/s1. The molecule has 7 nitrogen and oxygen atoms in total. The van der Waals surface area contributed by atoms with E-state index >= 15 is 0 Å². The molecule has 172 valence electrons. The maximum absolute atomic E-state index is 13.4. The second-order valence-corrected chi connectivity index (χ2v) is 7.75. The highest BCUT2D eigenvalue weighted by molar-refractivity contribution is 5.99. The van der Waals surface area contributed by atoms with Crippen LogP contribution in [0.3, 0.4) is 0 Å². The Morgan fingerprint density at radius 2 is 1.82 bits per heavy atom. The van der Waals surface area contributed by atoms with Crippen LogP contribution in [-0.2, 0) is 6.54 Å². The molecule has 0 aliphatic carbocycles. The summed E-state index contributed by atoms with van der Waals surface area (Å²) < 4.78 is 44.0. The number of pyridine rings is 1. The van der Waals surface area contributed by atoms with Gasteiger partial charge in [-0.3, -0.25) is 9.78 Å². The number of carbonyl (C=O) groups is 1. The third-order valence-corrected chi connectivity index (χ3v) is 5.65. The second-order valence-electron chi connectivity index (χ2n) is 7.75. The first kappa shape index (κ1) is 21.8. The summed E-state index contributed by atoms with van der Waals surface area (Å²) in [7, 11) is 0. The molecule has 0 saturated carbocycles. The number of rotatable bonds is 6.